The van der Waals surface area contributed by atoms with E-state index in [4.69, 9.17) is 11.6 Å². The van der Waals surface area contributed by atoms with Gasteiger partial charge in [0.2, 0.25) is 11.8 Å². The van der Waals surface area contributed by atoms with E-state index in [9.17, 15) is 18.0 Å². The summed E-state index contributed by atoms with van der Waals surface area (Å²) < 4.78 is 28.6. The number of hydrogen-bond acceptors (Lipinski definition) is 6. The molecular formula is C29H36ClN5O4S. The number of carbonyl (C=O) groups is 2. The molecule has 9 nitrogen and oxygen atoms in total. The second kappa shape index (κ2) is 13.0. The van der Waals surface area contributed by atoms with Gasteiger partial charge in [0.15, 0.2) is 0 Å². The van der Waals surface area contributed by atoms with Crippen molar-refractivity contribution >= 4 is 33.4 Å². The van der Waals surface area contributed by atoms with E-state index in [-0.39, 0.29) is 34.5 Å². The maximum atomic E-state index is 13.7. The molecule has 1 unspecified atom stereocenters. The van der Waals surface area contributed by atoms with Crippen molar-refractivity contribution in [1.82, 2.24) is 24.1 Å². The maximum Gasteiger partial charge on any atom is 0.269 e. The molecule has 0 bridgehead atoms. The first-order valence-electron chi connectivity index (χ1n) is 13.4. The van der Waals surface area contributed by atoms with Crippen LogP contribution in [0.1, 0.15) is 30.9 Å². The number of halogens is 1. The molecule has 1 atom stereocenters. The van der Waals surface area contributed by atoms with E-state index in [1.165, 1.54) is 16.2 Å². The SMILES string of the molecule is CNCc1cc(-c2ccccc2CC(C)N(C)C(=O)C2CCN(C(=O)CCl)CC2)n(S(=O)(=O)c2cccnc2)c1. The van der Waals surface area contributed by atoms with Gasteiger partial charge >= 0.3 is 0 Å². The Hall–Kier alpha value is -3.21. The van der Waals surface area contributed by atoms with Gasteiger partial charge < -0.3 is 15.1 Å². The third-order valence-corrected chi connectivity index (χ3v) is 9.43. The van der Waals surface area contributed by atoms with Crippen LogP contribution in [0, 0.1) is 5.92 Å². The monoisotopic (exact) mass is 585 g/mol. The van der Waals surface area contributed by atoms with E-state index in [1.807, 2.05) is 51.4 Å². The Morgan fingerprint density at radius 3 is 2.55 bits per heavy atom. The number of carbonyl (C=O) groups excluding carboxylic acids is 2. The predicted molar refractivity (Wildman–Crippen MR) is 155 cm³/mol. The van der Waals surface area contributed by atoms with Gasteiger partial charge in [0.25, 0.3) is 10.0 Å². The summed E-state index contributed by atoms with van der Waals surface area (Å²) >= 11 is 5.69. The highest BCUT2D eigenvalue weighted by molar-refractivity contribution is 7.90. The van der Waals surface area contributed by atoms with Gasteiger partial charge in [0.05, 0.1) is 5.69 Å². The molecule has 214 valence electrons. The molecule has 11 heteroatoms. The molecule has 0 aliphatic carbocycles. The van der Waals surface area contributed by atoms with Crippen LogP contribution in [0.3, 0.4) is 0 Å². The Kier molecular flexibility index (Phi) is 9.65. The van der Waals surface area contributed by atoms with Gasteiger partial charge in [-0.2, -0.15) is 0 Å². The minimum atomic E-state index is -3.89. The van der Waals surface area contributed by atoms with E-state index in [1.54, 1.807) is 28.3 Å². The highest BCUT2D eigenvalue weighted by Crippen LogP contribution is 2.31. The van der Waals surface area contributed by atoms with Crippen molar-refractivity contribution < 1.29 is 18.0 Å². The number of hydrogen-bond donors (Lipinski definition) is 1. The second-order valence-electron chi connectivity index (χ2n) is 10.2. The van der Waals surface area contributed by atoms with Crippen molar-refractivity contribution in [1.29, 1.82) is 0 Å². The van der Waals surface area contributed by atoms with E-state index < -0.39 is 10.0 Å². The minimum absolute atomic E-state index is 0.0433. The lowest BCUT2D eigenvalue weighted by Crippen LogP contribution is -2.46. The Labute approximate surface area is 241 Å². The molecule has 3 aromatic rings. The molecule has 1 aliphatic heterocycles. The highest BCUT2D eigenvalue weighted by atomic mass is 35.5. The van der Waals surface area contributed by atoms with Crippen molar-refractivity contribution in [3.05, 3.63) is 72.2 Å². The number of nitrogens with zero attached hydrogens (tertiary/aromatic N) is 4. The average Bonchev–Trinajstić information content (AvgIpc) is 3.41. The number of amides is 2. The normalized spacial score (nSPS) is 15.2. The van der Waals surface area contributed by atoms with E-state index in [0.717, 1.165) is 16.7 Å². The van der Waals surface area contributed by atoms with E-state index in [0.29, 0.717) is 44.6 Å². The zero-order valence-corrected chi connectivity index (χ0v) is 24.7. The topological polar surface area (TPSA) is 105 Å². The Morgan fingerprint density at radius 1 is 1.18 bits per heavy atom. The summed E-state index contributed by atoms with van der Waals surface area (Å²) in [5.41, 5.74) is 3.12. The molecule has 0 radical (unpaired) electrons. The molecule has 4 rings (SSSR count). The number of alkyl halides is 1. The van der Waals surface area contributed by atoms with Crippen LogP contribution >= 0.6 is 11.6 Å². The summed E-state index contributed by atoms with van der Waals surface area (Å²) in [5.74, 6) is -0.230. The number of likely N-dealkylation sites (tertiary alicyclic amines) is 1. The maximum absolute atomic E-state index is 13.7. The molecule has 40 heavy (non-hydrogen) atoms. The number of nitrogens with one attached hydrogen (secondary N) is 1. The van der Waals surface area contributed by atoms with E-state index >= 15 is 0 Å². The first-order chi connectivity index (χ1) is 19.2. The van der Waals surface area contributed by atoms with Gasteiger partial charge in [-0.3, -0.25) is 14.6 Å². The summed E-state index contributed by atoms with van der Waals surface area (Å²) in [4.78, 5) is 32.8. The lowest BCUT2D eigenvalue weighted by molar-refractivity contribution is -0.140. The average molecular weight is 586 g/mol. The third-order valence-electron chi connectivity index (χ3n) is 7.54. The first-order valence-corrected chi connectivity index (χ1v) is 15.3. The van der Waals surface area contributed by atoms with Crippen molar-refractivity contribution in [2.75, 3.05) is 33.1 Å². The van der Waals surface area contributed by atoms with Gasteiger partial charge in [-0.05, 0) is 62.6 Å². The molecule has 3 heterocycles. The van der Waals surface area contributed by atoms with Crippen molar-refractivity contribution in [3.63, 3.8) is 0 Å². The lowest BCUT2D eigenvalue weighted by atomic mass is 9.93. The molecule has 1 N–H and O–H groups in total. The predicted octanol–water partition coefficient (Wildman–Crippen LogP) is 3.37. The number of pyridine rings is 1. The molecule has 0 spiro atoms. The van der Waals surface area contributed by atoms with Gasteiger partial charge in [-0.1, -0.05) is 24.3 Å². The zero-order valence-electron chi connectivity index (χ0n) is 23.1. The lowest BCUT2D eigenvalue weighted by Gasteiger charge is -2.35. The number of benzene rings is 1. The van der Waals surface area contributed by atoms with Gasteiger partial charge in [-0.15, -0.1) is 11.6 Å². The fraction of sp³-hybridized carbons (Fsp3) is 0.414. The number of rotatable bonds is 10. The van der Waals surface area contributed by atoms with Gasteiger partial charge in [0, 0.05) is 62.8 Å². The summed E-state index contributed by atoms with van der Waals surface area (Å²) in [5, 5.41) is 3.09. The Balaban J connectivity index is 1.58. The van der Waals surface area contributed by atoms with Crippen molar-refractivity contribution in [2.24, 2.45) is 5.92 Å². The fourth-order valence-electron chi connectivity index (χ4n) is 5.17. The van der Waals surface area contributed by atoms with Crippen LogP contribution in [-0.4, -0.2) is 78.1 Å². The summed E-state index contributed by atoms with van der Waals surface area (Å²) in [7, 11) is -0.266. The summed E-state index contributed by atoms with van der Waals surface area (Å²) in [6.07, 6.45) is 6.31. The van der Waals surface area contributed by atoms with Crippen LogP contribution in [0.4, 0.5) is 0 Å². The molecule has 1 saturated heterocycles. The van der Waals surface area contributed by atoms with Crippen LogP contribution in [-0.2, 0) is 32.6 Å². The van der Waals surface area contributed by atoms with E-state index in [2.05, 4.69) is 10.3 Å². The smallest absolute Gasteiger partial charge is 0.269 e. The fourth-order valence-corrected chi connectivity index (χ4v) is 6.70. The second-order valence-corrected chi connectivity index (χ2v) is 12.3. The standard InChI is InChI=1S/C29H36ClN5O4S/c1-21(33(3)29(37)23-10-13-34(14-11-23)28(36)17-30)15-24-7-4-5-9-26(24)27-16-22(18-31-2)20-35(27)40(38,39)25-8-6-12-32-19-25/h4-9,12,16,19-21,23,31H,10-11,13-15,17-18H2,1-3H3. The van der Waals surface area contributed by atoms with Crippen LogP contribution in [0.2, 0.25) is 0 Å². The number of piperidine rings is 1. The van der Waals surface area contributed by atoms with Crippen LogP contribution in [0.25, 0.3) is 11.3 Å². The largest absolute Gasteiger partial charge is 0.342 e. The van der Waals surface area contributed by atoms with Crippen LogP contribution in [0.5, 0.6) is 0 Å². The summed E-state index contributed by atoms with van der Waals surface area (Å²) in [6, 6.07) is 12.6. The van der Waals surface area contributed by atoms with Gasteiger partial charge in [0.1, 0.15) is 10.8 Å². The molecule has 0 saturated carbocycles. The van der Waals surface area contributed by atoms with Crippen LogP contribution < -0.4 is 5.32 Å². The molecule has 1 aromatic carbocycles. The Bertz CT molecular complexity index is 1440. The Morgan fingerprint density at radius 2 is 1.90 bits per heavy atom. The molecule has 2 aromatic heterocycles. The first kappa shape index (κ1) is 29.8. The van der Waals surface area contributed by atoms with Crippen LogP contribution in [0.15, 0.2) is 66.0 Å². The number of aromatic nitrogens is 2. The quantitative estimate of drug-likeness (QED) is 0.366. The van der Waals surface area contributed by atoms with Crippen molar-refractivity contribution in [3.8, 4) is 11.3 Å². The van der Waals surface area contributed by atoms with Gasteiger partial charge in [-0.25, -0.2) is 12.4 Å². The van der Waals surface area contributed by atoms with Crippen molar-refractivity contribution in [2.45, 2.75) is 43.7 Å². The summed E-state index contributed by atoms with van der Waals surface area (Å²) in [6.45, 7) is 3.57. The minimum Gasteiger partial charge on any atom is -0.342 e. The highest BCUT2D eigenvalue weighted by Gasteiger charge is 2.31. The third kappa shape index (κ3) is 6.40. The molecular weight excluding hydrogens is 550 g/mol. The zero-order chi connectivity index (χ0) is 28.9. The molecule has 2 amide bonds. The molecule has 1 fully saturated rings. The number of likely N-dealkylation sites (N-methyl/N-ethyl adjacent to an activating group) is 1. The molecule has 1 aliphatic rings.